The van der Waals surface area contributed by atoms with Gasteiger partial charge in [-0.15, -0.1) is 12.4 Å². The van der Waals surface area contributed by atoms with Gasteiger partial charge in [0.1, 0.15) is 10.6 Å². The summed E-state index contributed by atoms with van der Waals surface area (Å²) in [5.41, 5.74) is 6.02. The van der Waals surface area contributed by atoms with E-state index >= 15 is 0 Å². The Labute approximate surface area is 149 Å². The number of methoxy groups -OCH3 is 1. The van der Waals surface area contributed by atoms with Crippen molar-refractivity contribution in [1.82, 2.24) is 9.62 Å². The van der Waals surface area contributed by atoms with Gasteiger partial charge in [0.15, 0.2) is 0 Å². The molecule has 1 aromatic carbocycles. The van der Waals surface area contributed by atoms with Crippen molar-refractivity contribution in [2.45, 2.75) is 24.3 Å². The molecule has 1 aliphatic rings. The van der Waals surface area contributed by atoms with Crippen molar-refractivity contribution in [2.75, 3.05) is 27.2 Å². The van der Waals surface area contributed by atoms with Crippen molar-refractivity contribution in [1.29, 1.82) is 0 Å². The Hall–Kier alpha value is -1.35. The number of hydrogen-bond acceptors (Lipinski definition) is 5. The van der Waals surface area contributed by atoms with Gasteiger partial charge in [0, 0.05) is 18.2 Å². The van der Waals surface area contributed by atoms with Crippen molar-refractivity contribution in [3.8, 4) is 5.75 Å². The number of sulfonamides is 1. The minimum atomic E-state index is -3.72. The summed E-state index contributed by atoms with van der Waals surface area (Å²) in [5.74, 6) is 0.293. The number of amides is 1. The van der Waals surface area contributed by atoms with Crippen molar-refractivity contribution in [3.05, 3.63) is 23.8 Å². The first kappa shape index (κ1) is 20.7. The predicted molar refractivity (Wildman–Crippen MR) is 94.1 cm³/mol. The third-order valence-electron chi connectivity index (χ3n) is 4.22. The van der Waals surface area contributed by atoms with Crippen LogP contribution in [0.4, 0.5) is 0 Å². The van der Waals surface area contributed by atoms with Crippen LogP contribution in [0.15, 0.2) is 23.1 Å². The van der Waals surface area contributed by atoms with Gasteiger partial charge in [-0.3, -0.25) is 4.79 Å². The molecule has 0 saturated carbocycles. The first-order valence-electron chi connectivity index (χ1n) is 7.46. The standard InChI is InChI=1S/C15H23N3O4S.ClH/c1-10-6-11(8-16)9-18(10)15(19)12-4-5-13(22-3)14(7-12)23(20,21)17-2;/h4-5,7,10-11,17H,6,8-9,16H2,1-3H3;1H. The Morgan fingerprint density at radius 1 is 1.46 bits per heavy atom. The molecule has 3 N–H and O–H groups in total. The quantitative estimate of drug-likeness (QED) is 0.791. The SMILES string of the molecule is CNS(=O)(=O)c1cc(C(=O)N2CC(CN)CC2C)ccc1OC.Cl. The molecule has 1 aliphatic heterocycles. The van der Waals surface area contributed by atoms with E-state index in [1.165, 1.54) is 26.3 Å². The minimum Gasteiger partial charge on any atom is -0.495 e. The molecule has 1 heterocycles. The van der Waals surface area contributed by atoms with E-state index < -0.39 is 10.0 Å². The molecule has 0 aromatic heterocycles. The third kappa shape index (κ3) is 4.00. The topological polar surface area (TPSA) is 102 Å². The number of ether oxygens (including phenoxy) is 1. The molecule has 24 heavy (non-hydrogen) atoms. The molecule has 9 heteroatoms. The Kier molecular flexibility index (Phi) is 7.03. The Morgan fingerprint density at radius 2 is 2.12 bits per heavy atom. The second-order valence-corrected chi connectivity index (χ2v) is 7.57. The van der Waals surface area contributed by atoms with Crippen molar-refractivity contribution in [2.24, 2.45) is 11.7 Å². The first-order valence-corrected chi connectivity index (χ1v) is 8.95. The van der Waals surface area contributed by atoms with Crippen LogP contribution < -0.4 is 15.2 Å². The molecule has 0 spiro atoms. The van der Waals surface area contributed by atoms with Crippen LogP contribution in [-0.2, 0) is 10.0 Å². The van der Waals surface area contributed by atoms with E-state index in [1.54, 1.807) is 11.0 Å². The lowest BCUT2D eigenvalue weighted by atomic mass is 10.1. The molecule has 7 nitrogen and oxygen atoms in total. The maximum Gasteiger partial charge on any atom is 0.254 e. The molecule has 136 valence electrons. The highest BCUT2D eigenvalue weighted by atomic mass is 35.5. The number of nitrogens with one attached hydrogen (secondary N) is 1. The van der Waals surface area contributed by atoms with Crippen LogP contribution in [0.25, 0.3) is 0 Å². The van der Waals surface area contributed by atoms with Crippen LogP contribution in [0.1, 0.15) is 23.7 Å². The van der Waals surface area contributed by atoms with Gasteiger partial charge < -0.3 is 15.4 Å². The van der Waals surface area contributed by atoms with Crippen LogP contribution in [0, 0.1) is 5.92 Å². The van der Waals surface area contributed by atoms with Crippen molar-refractivity contribution >= 4 is 28.3 Å². The Morgan fingerprint density at radius 3 is 2.62 bits per heavy atom. The summed E-state index contributed by atoms with van der Waals surface area (Å²) in [6.07, 6.45) is 0.861. The lowest BCUT2D eigenvalue weighted by molar-refractivity contribution is 0.0743. The van der Waals surface area contributed by atoms with Crippen LogP contribution in [0.3, 0.4) is 0 Å². The molecule has 2 rings (SSSR count). The van der Waals surface area contributed by atoms with E-state index in [1.807, 2.05) is 6.92 Å². The number of likely N-dealkylation sites (tertiary alicyclic amines) is 1. The van der Waals surface area contributed by atoms with Gasteiger partial charge in [-0.2, -0.15) is 0 Å². The zero-order chi connectivity index (χ0) is 17.2. The Balaban J connectivity index is 0.00000288. The van der Waals surface area contributed by atoms with Gasteiger partial charge in [0.25, 0.3) is 5.91 Å². The Bertz CT molecular complexity index is 696. The smallest absolute Gasteiger partial charge is 0.254 e. The molecular weight excluding hydrogens is 354 g/mol. The summed E-state index contributed by atoms with van der Waals surface area (Å²) in [7, 11) is -1.01. The zero-order valence-electron chi connectivity index (χ0n) is 14.0. The normalized spacial score (nSPS) is 20.6. The molecule has 1 saturated heterocycles. The fourth-order valence-electron chi connectivity index (χ4n) is 2.89. The van der Waals surface area contributed by atoms with Gasteiger partial charge in [-0.1, -0.05) is 0 Å². The zero-order valence-corrected chi connectivity index (χ0v) is 15.6. The molecule has 1 amide bonds. The molecule has 1 fully saturated rings. The number of nitrogens with two attached hydrogens (primary N) is 1. The molecule has 0 bridgehead atoms. The second-order valence-electron chi connectivity index (χ2n) is 5.72. The highest BCUT2D eigenvalue weighted by Crippen LogP contribution is 2.28. The average molecular weight is 378 g/mol. The average Bonchev–Trinajstić information content (AvgIpc) is 2.94. The predicted octanol–water partition coefficient (Wildman–Crippen LogP) is 0.834. The van der Waals surface area contributed by atoms with E-state index in [0.717, 1.165) is 6.42 Å². The van der Waals surface area contributed by atoms with E-state index in [2.05, 4.69) is 4.72 Å². The number of nitrogens with zero attached hydrogens (tertiary/aromatic N) is 1. The van der Waals surface area contributed by atoms with E-state index in [4.69, 9.17) is 10.5 Å². The third-order valence-corrected chi connectivity index (χ3v) is 5.66. The fourth-order valence-corrected chi connectivity index (χ4v) is 3.81. The summed E-state index contributed by atoms with van der Waals surface area (Å²) in [6.45, 7) is 3.11. The number of halogens is 1. The van der Waals surface area contributed by atoms with Gasteiger partial charge in [0.05, 0.1) is 7.11 Å². The number of benzene rings is 1. The van der Waals surface area contributed by atoms with Gasteiger partial charge in [-0.25, -0.2) is 13.1 Å². The maximum absolute atomic E-state index is 12.7. The minimum absolute atomic E-state index is 0. The highest BCUT2D eigenvalue weighted by Gasteiger charge is 2.32. The summed E-state index contributed by atoms with van der Waals surface area (Å²) >= 11 is 0. The first-order chi connectivity index (χ1) is 10.8. The summed E-state index contributed by atoms with van der Waals surface area (Å²) in [4.78, 5) is 14.4. The molecule has 1 aromatic rings. The number of carbonyl (C=O) groups is 1. The molecule has 2 unspecified atom stereocenters. The van der Waals surface area contributed by atoms with Crippen molar-refractivity contribution in [3.63, 3.8) is 0 Å². The number of hydrogen-bond donors (Lipinski definition) is 2. The van der Waals surface area contributed by atoms with E-state index in [9.17, 15) is 13.2 Å². The van der Waals surface area contributed by atoms with Crippen LogP contribution in [0.2, 0.25) is 0 Å². The van der Waals surface area contributed by atoms with Gasteiger partial charge in [0.2, 0.25) is 10.0 Å². The van der Waals surface area contributed by atoms with Gasteiger partial charge >= 0.3 is 0 Å². The largest absolute Gasteiger partial charge is 0.495 e. The second kappa shape index (κ2) is 8.15. The van der Waals surface area contributed by atoms with Crippen LogP contribution >= 0.6 is 12.4 Å². The fraction of sp³-hybridized carbons (Fsp3) is 0.533. The number of carbonyl (C=O) groups excluding carboxylic acids is 1. The molecule has 0 radical (unpaired) electrons. The summed E-state index contributed by atoms with van der Waals surface area (Å²) in [5, 5.41) is 0. The summed E-state index contributed by atoms with van der Waals surface area (Å²) < 4.78 is 31.5. The number of rotatable bonds is 5. The molecule has 0 aliphatic carbocycles. The molecule has 2 atom stereocenters. The van der Waals surface area contributed by atoms with E-state index in [-0.39, 0.29) is 40.9 Å². The van der Waals surface area contributed by atoms with Crippen molar-refractivity contribution < 1.29 is 17.9 Å². The lowest BCUT2D eigenvalue weighted by Crippen LogP contribution is -2.34. The van der Waals surface area contributed by atoms with Crippen LogP contribution in [0.5, 0.6) is 5.75 Å². The maximum atomic E-state index is 12.7. The van der Waals surface area contributed by atoms with Crippen LogP contribution in [-0.4, -0.2) is 52.5 Å². The summed E-state index contributed by atoms with van der Waals surface area (Å²) in [6, 6.07) is 4.52. The highest BCUT2D eigenvalue weighted by molar-refractivity contribution is 7.89. The van der Waals surface area contributed by atoms with Gasteiger partial charge in [-0.05, 0) is 51.1 Å². The van der Waals surface area contributed by atoms with E-state index in [0.29, 0.717) is 18.7 Å². The monoisotopic (exact) mass is 377 g/mol. The molecular formula is C15H24ClN3O4S. The lowest BCUT2D eigenvalue weighted by Gasteiger charge is -2.22.